The lowest BCUT2D eigenvalue weighted by molar-refractivity contribution is 0.504. The molecule has 0 bridgehead atoms. The number of hydrogen-bond acceptors (Lipinski definition) is 0. The molecule has 0 heterocycles. The zero-order chi connectivity index (χ0) is 38.6. The third-order valence-corrected chi connectivity index (χ3v) is 12.9. The molecule has 1 unspecified atom stereocenters. The molecular weight excluding hydrogens is 661 g/mol. The molecule has 0 heteroatoms. The van der Waals surface area contributed by atoms with E-state index in [1.807, 2.05) is 0 Å². The molecule has 0 nitrogen and oxygen atoms in total. The molecule has 0 aliphatic heterocycles. The van der Waals surface area contributed by atoms with Gasteiger partial charge in [-0.2, -0.15) is 0 Å². The Kier molecular flexibility index (Phi) is 12.1. The van der Waals surface area contributed by atoms with E-state index in [0.717, 1.165) is 32.1 Å². The Morgan fingerprint density at radius 1 is 0.764 bits per heavy atom. The van der Waals surface area contributed by atoms with Gasteiger partial charge in [0, 0.05) is 17.4 Å². The highest BCUT2D eigenvalue weighted by atomic mass is 14.5. The average Bonchev–Trinajstić information content (AvgIpc) is 3.27. The molecule has 0 saturated heterocycles. The van der Waals surface area contributed by atoms with Gasteiger partial charge in [-0.25, -0.2) is 0 Å². The minimum absolute atomic E-state index is 0.0402. The van der Waals surface area contributed by atoms with E-state index in [-0.39, 0.29) is 10.8 Å². The molecule has 4 aromatic carbocycles. The number of fused-ring (bicyclic) bond motifs is 5. The number of unbranched alkanes of at least 4 members (excludes halogenated alkanes) is 8. The van der Waals surface area contributed by atoms with E-state index in [9.17, 15) is 0 Å². The summed E-state index contributed by atoms with van der Waals surface area (Å²) in [6.07, 6.45) is 28.0. The Balaban J connectivity index is 1.47. The molecule has 0 N–H and O–H groups in total. The molecule has 0 spiro atoms. The van der Waals surface area contributed by atoms with Crippen LogP contribution in [0.1, 0.15) is 178 Å². The first-order valence-electron chi connectivity index (χ1n) is 22.1. The molecule has 0 amide bonds. The maximum absolute atomic E-state index is 3.66. The van der Waals surface area contributed by atoms with Crippen molar-refractivity contribution in [2.24, 2.45) is 0 Å². The first-order valence-corrected chi connectivity index (χ1v) is 22.1. The maximum Gasteiger partial charge on any atom is 0.0461 e. The monoisotopic (exact) mass is 727 g/mol. The van der Waals surface area contributed by atoms with Crippen LogP contribution in [-0.2, 0) is 17.3 Å². The van der Waals surface area contributed by atoms with Gasteiger partial charge in [0.1, 0.15) is 0 Å². The molecule has 0 fully saturated rings. The van der Waals surface area contributed by atoms with Crippen LogP contribution in [0, 0.1) is 11.8 Å². The van der Waals surface area contributed by atoms with Crippen LogP contribution in [0.5, 0.6) is 0 Å². The topological polar surface area (TPSA) is 0 Å². The van der Waals surface area contributed by atoms with Crippen LogP contribution in [-0.4, -0.2) is 0 Å². The molecular formula is C55H66. The minimum atomic E-state index is -0.222. The fourth-order valence-corrected chi connectivity index (χ4v) is 10.1. The zero-order valence-electron chi connectivity index (χ0n) is 35.3. The largest absolute Gasteiger partial charge is 0.0941 e. The summed E-state index contributed by atoms with van der Waals surface area (Å²) >= 11 is 0. The van der Waals surface area contributed by atoms with Crippen LogP contribution in [0.25, 0.3) is 39.1 Å². The quantitative estimate of drug-likeness (QED) is 0.0845. The molecule has 0 radical (unpaired) electrons. The Labute approximate surface area is 334 Å². The standard InChI is InChI=1S/C55H66/c1-8-10-12-14-15-23-35-55(43-26-18-17-25-40(36-43)24-16-13-11-9-2)50-37-41(39(3)4)31-33-44(50)45-34-32-42(38-51(45)55)52-46-27-19-21-29-48(46)53(54(5,6)7)49-30-22-20-28-47(49)52/h19,21-22,26-27,29-34,36-39H,8-16,18,20,23-24,28,35H2,1-7H3. The van der Waals surface area contributed by atoms with Crippen LogP contribution < -0.4 is 0 Å². The second-order valence-corrected chi connectivity index (χ2v) is 18.2. The van der Waals surface area contributed by atoms with Gasteiger partial charge in [-0.1, -0.05) is 191 Å². The molecule has 3 aliphatic rings. The highest BCUT2D eigenvalue weighted by Crippen LogP contribution is 2.58. The Morgan fingerprint density at radius 3 is 2.20 bits per heavy atom. The van der Waals surface area contributed by atoms with Crippen LogP contribution in [0.15, 0.2) is 90.0 Å². The molecule has 3 aliphatic carbocycles. The third-order valence-electron chi connectivity index (χ3n) is 12.9. The van der Waals surface area contributed by atoms with Gasteiger partial charge in [-0.05, 0) is 128 Å². The molecule has 0 saturated carbocycles. The van der Waals surface area contributed by atoms with E-state index >= 15 is 0 Å². The predicted octanol–water partition coefficient (Wildman–Crippen LogP) is 16.1. The summed E-state index contributed by atoms with van der Waals surface area (Å²) in [7, 11) is 0. The lowest BCUT2D eigenvalue weighted by Gasteiger charge is -2.35. The molecule has 286 valence electrons. The van der Waals surface area contributed by atoms with Crippen molar-refractivity contribution in [3.8, 4) is 34.1 Å². The maximum atomic E-state index is 3.66. The van der Waals surface area contributed by atoms with Crippen molar-refractivity contribution in [2.75, 3.05) is 0 Å². The van der Waals surface area contributed by atoms with Crippen molar-refractivity contribution in [3.05, 3.63) is 123 Å². The highest BCUT2D eigenvalue weighted by Gasteiger charge is 2.45. The fraction of sp³-hybridized carbons (Fsp3) is 0.455. The summed E-state index contributed by atoms with van der Waals surface area (Å²) < 4.78 is 0. The lowest BCUT2D eigenvalue weighted by Crippen LogP contribution is -2.28. The number of rotatable bonds is 15. The summed E-state index contributed by atoms with van der Waals surface area (Å²) in [6, 6.07) is 24.4. The molecule has 7 rings (SSSR count). The van der Waals surface area contributed by atoms with Crippen molar-refractivity contribution in [3.63, 3.8) is 0 Å². The van der Waals surface area contributed by atoms with Gasteiger partial charge in [0.05, 0.1) is 0 Å². The summed E-state index contributed by atoms with van der Waals surface area (Å²) in [5, 5.41) is 2.80. The zero-order valence-corrected chi connectivity index (χ0v) is 35.3. The van der Waals surface area contributed by atoms with Crippen LogP contribution in [0.3, 0.4) is 0 Å². The van der Waals surface area contributed by atoms with Crippen molar-refractivity contribution < 1.29 is 0 Å². The first-order chi connectivity index (χ1) is 26.7. The second kappa shape index (κ2) is 17.0. The van der Waals surface area contributed by atoms with Crippen LogP contribution in [0.2, 0.25) is 0 Å². The van der Waals surface area contributed by atoms with Gasteiger partial charge >= 0.3 is 0 Å². The van der Waals surface area contributed by atoms with E-state index in [4.69, 9.17) is 0 Å². The summed E-state index contributed by atoms with van der Waals surface area (Å²) in [5.41, 5.74) is 17.2. The van der Waals surface area contributed by atoms with Gasteiger partial charge in [-0.15, -0.1) is 0 Å². The summed E-state index contributed by atoms with van der Waals surface area (Å²) in [6.45, 7) is 16.5. The molecule has 0 aromatic heterocycles. The molecule has 4 aromatic rings. The summed E-state index contributed by atoms with van der Waals surface area (Å²) in [4.78, 5) is 0. The lowest BCUT2D eigenvalue weighted by atomic mass is 9.67. The molecule has 1 atom stereocenters. The van der Waals surface area contributed by atoms with Crippen LogP contribution >= 0.6 is 0 Å². The fourth-order valence-electron chi connectivity index (χ4n) is 10.1. The molecule has 55 heavy (non-hydrogen) atoms. The summed E-state index contributed by atoms with van der Waals surface area (Å²) in [5.74, 6) is 7.72. The Bertz CT molecular complexity index is 2180. The van der Waals surface area contributed by atoms with E-state index in [1.165, 1.54) is 142 Å². The smallest absolute Gasteiger partial charge is 0.0461 e. The SMILES string of the molecule is CCCCCCCCC1(C2=CCC#CC(CCCCCC)=C2)c2cc(-c3c4c(c(C(C)(C)C)c5ccccc35)C=CCC4)ccc2-c2ccc(C(C)C)cc21. The van der Waals surface area contributed by atoms with Crippen molar-refractivity contribution >= 4 is 16.8 Å². The van der Waals surface area contributed by atoms with Crippen molar-refractivity contribution in [2.45, 2.75) is 162 Å². The van der Waals surface area contributed by atoms with Crippen molar-refractivity contribution in [1.29, 1.82) is 0 Å². The first kappa shape index (κ1) is 39.2. The predicted molar refractivity (Wildman–Crippen MR) is 241 cm³/mol. The Morgan fingerprint density at radius 2 is 1.45 bits per heavy atom. The van der Waals surface area contributed by atoms with Crippen molar-refractivity contribution in [1.82, 2.24) is 0 Å². The van der Waals surface area contributed by atoms with Crippen LogP contribution in [0.4, 0.5) is 0 Å². The number of hydrogen-bond donors (Lipinski definition) is 0. The third kappa shape index (κ3) is 7.71. The van der Waals surface area contributed by atoms with Gasteiger partial charge < -0.3 is 0 Å². The Hall–Kier alpha value is -4.08. The average molecular weight is 727 g/mol. The minimum Gasteiger partial charge on any atom is -0.0941 e. The number of allylic oxidation sites excluding steroid dienone is 5. The van der Waals surface area contributed by atoms with Gasteiger partial charge in [0.25, 0.3) is 0 Å². The van der Waals surface area contributed by atoms with E-state index in [2.05, 4.69) is 145 Å². The highest BCUT2D eigenvalue weighted by molar-refractivity contribution is 6.04. The van der Waals surface area contributed by atoms with Gasteiger partial charge in [0.2, 0.25) is 0 Å². The normalized spacial score (nSPS) is 17.3. The van der Waals surface area contributed by atoms with E-state index in [0.29, 0.717) is 5.92 Å². The van der Waals surface area contributed by atoms with E-state index in [1.54, 1.807) is 0 Å². The van der Waals surface area contributed by atoms with Gasteiger partial charge in [0.15, 0.2) is 0 Å². The van der Waals surface area contributed by atoms with Gasteiger partial charge in [-0.3, -0.25) is 0 Å². The van der Waals surface area contributed by atoms with E-state index < -0.39 is 0 Å². The number of benzene rings is 4. The second-order valence-electron chi connectivity index (χ2n) is 18.2.